The summed E-state index contributed by atoms with van der Waals surface area (Å²) in [6, 6.07) is 1.53. The molecule has 0 spiro atoms. The van der Waals surface area contributed by atoms with Crippen LogP contribution >= 0.6 is 0 Å². The van der Waals surface area contributed by atoms with E-state index >= 15 is 0 Å². The third-order valence-electron chi connectivity index (χ3n) is 4.16. The second kappa shape index (κ2) is 11.7. The fraction of sp³-hybridized carbons (Fsp3) is 1.00. The average molecular weight is 356 g/mol. The molecule has 0 heterocycles. The van der Waals surface area contributed by atoms with Crippen LogP contribution in [0.4, 0.5) is 0 Å². The second-order valence-corrected chi connectivity index (χ2v) is 11.3. The van der Waals surface area contributed by atoms with Crippen molar-refractivity contribution in [3.05, 3.63) is 0 Å². The summed E-state index contributed by atoms with van der Waals surface area (Å²) in [6.45, 7) is 0.646. The van der Waals surface area contributed by atoms with Crippen molar-refractivity contribution in [2.75, 3.05) is 49.2 Å². The Labute approximate surface area is 137 Å². The van der Waals surface area contributed by atoms with Gasteiger partial charge in [-0.05, 0) is 31.7 Å². The summed E-state index contributed by atoms with van der Waals surface area (Å²) in [7, 11) is 4.74. The lowest BCUT2D eigenvalue weighted by atomic mass is 10.00. The molecule has 9 heteroatoms. The maximum absolute atomic E-state index is 5.74. The van der Waals surface area contributed by atoms with E-state index in [0.717, 1.165) is 31.4 Å². The van der Waals surface area contributed by atoms with Gasteiger partial charge in [0.2, 0.25) is 0 Å². The Morgan fingerprint density at radius 2 is 0.955 bits per heavy atom. The summed E-state index contributed by atoms with van der Waals surface area (Å²) >= 11 is 0. The average Bonchev–Trinajstić information content (AvgIpc) is 2.58. The first-order valence-electron chi connectivity index (χ1n) is 7.51. The van der Waals surface area contributed by atoms with Crippen molar-refractivity contribution in [3.63, 3.8) is 0 Å². The highest BCUT2D eigenvalue weighted by atomic mass is 28.4. The third kappa shape index (κ3) is 6.73. The SMILES string of the molecule is CO[Si](CCC(CCN)CC[Si](OC)(OC)OC)(OC)OC. The van der Waals surface area contributed by atoms with Crippen LogP contribution in [0, 0.1) is 5.92 Å². The largest absolute Gasteiger partial charge is 0.500 e. The first-order chi connectivity index (χ1) is 10.5. The van der Waals surface area contributed by atoms with E-state index < -0.39 is 17.6 Å². The molecule has 0 unspecified atom stereocenters. The molecule has 7 nitrogen and oxygen atoms in total. The molecule has 0 saturated heterocycles. The summed E-state index contributed by atoms with van der Waals surface area (Å²) in [5.41, 5.74) is 5.74. The van der Waals surface area contributed by atoms with Crippen molar-refractivity contribution in [1.29, 1.82) is 0 Å². The Morgan fingerprint density at radius 3 is 1.18 bits per heavy atom. The Morgan fingerprint density at radius 1 is 0.636 bits per heavy atom. The normalized spacial score (nSPS) is 13.1. The van der Waals surface area contributed by atoms with E-state index in [2.05, 4.69) is 0 Å². The topological polar surface area (TPSA) is 81.4 Å². The van der Waals surface area contributed by atoms with Gasteiger partial charge in [-0.2, -0.15) is 0 Å². The van der Waals surface area contributed by atoms with E-state index in [4.69, 9.17) is 32.3 Å². The molecular weight excluding hydrogens is 322 g/mol. The quantitative estimate of drug-likeness (QED) is 0.473. The van der Waals surface area contributed by atoms with E-state index in [1.807, 2.05) is 0 Å². The molecule has 0 bridgehead atoms. The molecule has 0 aromatic heterocycles. The zero-order valence-electron chi connectivity index (χ0n) is 14.8. The number of hydrogen-bond acceptors (Lipinski definition) is 7. The van der Waals surface area contributed by atoms with Gasteiger partial charge in [0.1, 0.15) is 0 Å². The molecule has 0 aliphatic carbocycles. The molecule has 2 N–H and O–H groups in total. The van der Waals surface area contributed by atoms with Gasteiger partial charge >= 0.3 is 17.6 Å². The smallest absolute Gasteiger partial charge is 0.377 e. The zero-order chi connectivity index (χ0) is 17.1. The van der Waals surface area contributed by atoms with Gasteiger partial charge in [0, 0.05) is 54.7 Å². The third-order valence-corrected chi connectivity index (χ3v) is 9.69. The van der Waals surface area contributed by atoms with Gasteiger partial charge < -0.3 is 32.3 Å². The van der Waals surface area contributed by atoms with Gasteiger partial charge in [0.25, 0.3) is 0 Å². The zero-order valence-corrected chi connectivity index (χ0v) is 16.8. The number of nitrogens with two attached hydrogens (primary N) is 1. The van der Waals surface area contributed by atoms with E-state index in [0.29, 0.717) is 12.5 Å². The van der Waals surface area contributed by atoms with Gasteiger partial charge in [-0.25, -0.2) is 0 Å². The van der Waals surface area contributed by atoms with Crippen molar-refractivity contribution in [2.24, 2.45) is 11.7 Å². The summed E-state index contributed by atoms with van der Waals surface area (Å²) < 4.78 is 32.8. The minimum atomic E-state index is -2.53. The first-order valence-corrected chi connectivity index (χ1v) is 11.4. The van der Waals surface area contributed by atoms with Crippen molar-refractivity contribution in [3.8, 4) is 0 Å². The highest BCUT2D eigenvalue weighted by Crippen LogP contribution is 2.27. The van der Waals surface area contributed by atoms with E-state index in [1.54, 1.807) is 42.7 Å². The Balaban J connectivity index is 4.60. The van der Waals surface area contributed by atoms with Crippen LogP contribution in [0.3, 0.4) is 0 Å². The molecule has 0 fully saturated rings. The molecule has 134 valence electrons. The van der Waals surface area contributed by atoms with Gasteiger partial charge in [-0.3, -0.25) is 0 Å². The van der Waals surface area contributed by atoms with Crippen LogP contribution in [0.25, 0.3) is 0 Å². The van der Waals surface area contributed by atoms with Crippen LogP contribution in [0.2, 0.25) is 12.1 Å². The van der Waals surface area contributed by atoms with Crippen LogP contribution in [0.1, 0.15) is 19.3 Å². The molecule has 0 rings (SSSR count). The Bertz CT molecular complexity index is 237. The number of hydrogen-bond donors (Lipinski definition) is 1. The van der Waals surface area contributed by atoms with Crippen LogP contribution in [-0.4, -0.2) is 66.8 Å². The predicted molar refractivity (Wildman–Crippen MR) is 89.6 cm³/mol. The lowest BCUT2D eigenvalue weighted by molar-refractivity contribution is 0.117. The fourth-order valence-corrected chi connectivity index (χ4v) is 6.29. The highest BCUT2D eigenvalue weighted by Gasteiger charge is 2.40. The van der Waals surface area contributed by atoms with Crippen LogP contribution in [0.5, 0.6) is 0 Å². The first kappa shape index (κ1) is 22.2. The Hall–Kier alpha value is 0.154. The van der Waals surface area contributed by atoms with Crippen molar-refractivity contribution >= 4 is 17.6 Å². The monoisotopic (exact) mass is 355 g/mol. The summed E-state index contributed by atoms with van der Waals surface area (Å²) in [6.07, 6.45) is 2.80. The summed E-state index contributed by atoms with van der Waals surface area (Å²) in [4.78, 5) is 0. The summed E-state index contributed by atoms with van der Waals surface area (Å²) in [5.74, 6) is 0.435. The lowest BCUT2D eigenvalue weighted by Crippen LogP contribution is -2.44. The van der Waals surface area contributed by atoms with Gasteiger partial charge in [-0.15, -0.1) is 0 Å². The van der Waals surface area contributed by atoms with Crippen molar-refractivity contribution < 1.29 is 26.6 Å². The van der Waals surface area contributed by atoms with E-state index in [1.165, 1.54) is 0 Å². The number of rotatable bonds is 14. The second-order valence-electron chi connectivity index (χ2n) is 5.11. The maximum Gasteiger partial charge on any atom is 0.500 e. The molecule has 0 amide bonds. The van der Waals surface area contributed by atoms with Crippen LogP contribution in [0.15, 0.2) is 0 Å². The fourth-order valence-electron chi connectivity index (χ4n) is 2.54. The van der Waals surface area contributed by atoms with Crippen LogP contribution in [-0.2, 0) is 26.6 Å². The van der Waals surface area contributed by atoms with Gasteiger partial charge in [0.15, 0.2) is 0 Å². The predicted octanol–water partition coefficient (Wildman–Crippen LogP) is 1.49. The molecule has 0 atom stereocenters. The minimum absolute atomic E-state index is 0.435. The van der Waals surface area contributed by atoms with Crippen molar-refractivity contribution in [2.45, 2.75) is 31.4 Å². The maximum atomic E-state index is 5.74. The molecule has 22 heavy (non-hydrogen) atoms. The highest BCUT2D eigenvalue weighted by molar-refractivity contribution is 6.61. The molecular formula is C13H33NO6Si2. The molecule has 0 radical (unpaired) electrons. The molecule has 0 aromatic carbocycles. The van der Waals surface area contributed by atoms with Crippen LogP contribution < -0.4 is 5.73 Å². The Kier molecular flexibility index (Phi) is 11.7. The van der Waals surface area contributed by atoms with Gasteiger partial charge in [0.05, 0.1) is 0 Å². The van der Waals surface area contributed by atoms with E-state index in [9.17, 15) is 0 Å². The molecule has 0 aliphatic heterocycles. The van der Waals surface area contributed by atoms with Gasteiger partial charge in [-0.1, -0.05) is 0 Å². The van der Waals surface area contributed by atoms with Crippen molar-refractivity contribution in [1.82, 2.24) is 0 Å². The van der Waals surface area contributed by atoms with E-state index in [-0.39, 0.29) is 0 Å². The molecule has 0 aromatic rings. The molecule has 0 saturated carbocycles. The lowest BCUT2D eigenvalue weighted by Gasteiger charge is -2.28. The summed E-state index contributed by atoms with van der Waals surface area (Å²) in [5, 5.41) is 0. The molecule has 0 aliphatic rings. The minimum Gasteiger partial charge on any atom is -0.377 e. The standard InChI is InChI=1S/C13H33NO6Si2/c1-15-21(16-2,17-3)11-8-13(7-10-14)9-12-22(18-4,19-5)20-6/h13H,7-12,14H2,1-6H3.